The Morgan fingerprint density at radius 3 is 2.44 bits per heavy atom. The van der Waals surface area contributed by atoms with E-state index in [0.29, 0.717) is 11.7 Å². The third-order valence-corrected chi connectivity index (χ3v) is 5.05. The summed E-state index contributed by atoms with van der Waals surface area (Å²) < 4.78 is 5.15. The van der Waals surface area contributed by atoms with Gasteiger partial charge in [0.05, 0.1) is 6.54 Å². The Morgan fingerprint density at radius 1 is 1.11 bits per heavy atom. The summed E-state index contributed by atoms with van der Waals surface area (Å²) in [5.74, 6) is 2.24. The second-order valence-electron chi connectivity index (χ2n) is 6.81. The Morgan fingerprint density at radius 2 is 1.85 bits per heavy atom. The van der Waals surface area contributed by atoms with Gasteiger partial charge in [0.1, 0.15) is 0 Å². The maximum atomic E-state index is 5.15. The molecular weight excluding hydrogens is 338 g/mol. The van der Waals surface area contributed by atoms with Crippen molar-refractivity contribution in [3.63, 3.8) is 0 Å². The first-order valence-corrected chi connectivity index (χ1v) is 10.0. The Bertz CT molecular complexity index is 692. The third kappa shape index (κ3) is 6.08. The number of aromatic nitrogens is 2. The SMILES string of the molecule is CCNC(=NCC(CC)(CC)c1ccccc1)NCCCc1nc(C)no1. The van der Waals surface area contributed by atoms with Crippen LogP contribution in [-0.4, -0.2) is 35.7 Å². The molecule has 2 rings (SSSR count). The van der Waals surface area contributed by atoms with E-state index in [1.54, 1.807) is 0 Å². The molecule has 6 nitrogen and oxygen atoms in total. The molecule has 0 fully saturated rings. The van der Waals surface area contributed by atoms with Crippen molar-refractivity contribution in [2.75, 3.05) is 19.6 Å². The van der Waals surface area contributed by atoms with Crippen LogP contribution in [0, 0.1) is 6.92 Å². The molecule has 2 N–H and O–H groups in total. The Kier molecular flexibility index (Phi) is 8.30. The van der Waals surface area contributed by atoms with E-state index in [1.807, 2.05) is 6.92 Å². The van der Waals surface area contributed by atoms with Gasteiger partial charge in [0.25, 0.3) is 0 Å². The standard InChI is InChI=1S/C21H33N5O/c1-5-21(6-2,18-12-9-8-10-13-18)16-24-20(22-7-3)23-15-11-14-19-25-17(4)26-27-19/h8-10,12-13H,5-7,11,14-16H2,1-4H3,(H2,22,23,24). The summed E-state index contributed by atoms with van der Waals surface area (Å²) in [7, 11) is 0. The quantitative estimate of drug-likeness (QED) is 0.379. The largest absolute Gasteiger partial charge is 0.357 e. The van der Waals surface area contributed by atoms with Crippen molar-refractivity contribution in [2.24, 2.45) is 4.99 Å². The van der Waals surface area contributed by atoms with Crippen LogP contribution in [0.25, 0.3) is 0 Å². The van der Waals surface area contributed by atoms with Crippen molar-refractivity contribution < 1.29 is 4.52 Å². The van der Waals surface area contributed by atoms with E-state index in [-0.39, 0.29) is 5.41 Å². The number of nitrogens with zero attached hydrogens (tertiary/aromatic N) is 3. The molecule has 0 saturated carbocycles. The first kappa shape index (κ1) is 20.9. The summed E-state index contributed by atoms with van der Waals surface area (Å²) in [6, 6.07) is 10.7. The van der Waals surface area contributed by atoms with Crippen LogP contribution in [0.4, 0.5) is 0 Å². The molecule has 27 heavy (non-hydrogen) atoms. The van der Waals surface area contributed by atoms with Crippen molar-refractivity contribution in [1.29, 1.82) is 0 Å². The van der Waals surface area contributed by atoms with Crippen molar-refractivity contribution in [3.05, 3.63) is 47.6 Å². The molecule has 0 amide bonds. The highest BCUT2D eigenvalue weighted by atomic mass is 16.5. The molecule has 0 bridgehead atoms. The van der Waals surface area contributed by atoms with E-state index >= 15 is 0 Å². The smallest absolute Gasteiger partial charge is 0.226 e. The molecule has 0 spiro atoms. The van der Waals surface area contributed by atoms with Crippen LogP contribution in [0.5, 0.6) is 0 Å². The topological polar surface area (TPSA) is 75.3 Å². The summed E-state index contributed by atoms with van der Waals surface area (Å²) in [5, 5.41) is 10.6. The fraction of sp³-hybridized carbons (Fsp3) is 0.571. The van der Waals surface area contributed by atoms with Gasteiger partial charge < -0.3 is 15.2 Å². The van der Waals surface area contributed by atoms with Gasteiger partial charge in [-0.3, -0.25) is 4.99 Å². The minimum atomic E-state index is 0.0743. The second kappa shape index (κ2) is 10.7. The van der Waals surface area contributed by atoms with Crippen LogP contribution in [0.1, 0.15) is 57.3 Å². The summed E-state index contributed by atoms with van der Waals surface area (Å²) in [6.07, 6.45) is 3.81. The Labute approximate surface area is 162 Å². The lowest BCUT2D eigenvalue weighted by Gasteiger charge is -2.31. The van der Waals surface area contributed by atoms with E-state index in [1.165, 1.54) is 5.56 Å². The van der Waals surface area contributed by atoms with Gasteiger partial charge in [-0.25, -0.2) is 0 Å². The third-order valence-electron chi connectivity index (χ3n) is 5.05. The number of aryl methyl sites for hydroxylation is 2. The molecule has 0 unspecified atom stereocenters. The Balaban J connectivity index is 1.95. The van der Waals surface area contributed by atoms with Crippen LogP contribution in [0.2, 0.25) is 0 Å². The normalized spacial score (nSPS) is 12.2. The highest BCUT2D eigenvalue weighted by Crippen LogP contribution is 2.31. The van der Waals surface area contributed by atoms with Crippen LogP contribution in [0.3, 0.4) is 0 Å². The van der Waals surface area contributed by atoms with Crippen molar-refractivity contribution in [1.82, 2.24) is 20.8 Å². The van der Waals surface area contributed by atoms with Crippen LogP contribution >= 0.6 is 0 Å². The average molecular weight is 372 g/mol. The molecule has 2 aromatic rings. The molecule has 6 heteroatoms. The fourth-order valence-corrected chi connectivity index (χ4v) is 3.22. The summed E-state index contributed by atoms with van der Waals surface area (Å²) in [5.41, 5.74) is 1.44. The summed E-state index contributed by atoms with van der Waals surface area (Å²) in [4.78, 5) is 9.13. The number of hydrogen-bond acceptors (Lipinski definition) is 4. The van der Waals surface area contributed by atoms with Gasteiger partial charge in [-0.05, 0) is 38.7 Å². The number of rotatable bonds is 10. The lowest BCUT2D eigenvalue weighted by Crippen LogP contribution is -2.39. The highest BCUT2D eigenvalue weighted by molar-refractivity contribution is 5.79. The van der Waals surface area contributed by atoms with Crippen molar-refractivity contribution >= 4 is 5.96 Å². The second-order valence-corrected chi connectivity index (χ2v) is 6.81. The number of benzene rings is 1. The maximum absolute atomic E-state index is 5.15. The van der Waals surface area contributed by atoms with Crippen LogP contribution in [0.15, 0.2) is 39.8 Å². The van der Waals surface area contributed by atoms with Crippen molar-refractivity contribution in [2.45, 2.75) is 58.8 Å². The first-order valence-electron chi connectivity index (χ1n) is 10.0. The van der Waals surface area contributed by atoms with E-state index in [4.69, 9.17) is 9.52 Å². The minimum Gasteiger partial charge on any atom is -0.357 e. The average Bonchev–Trinajstić information content (AvgIpc) is 3.12. The van der Waals surface area contributed by atoms with Gasteiger partial charge >= 0.3 is 0 Å². The molecule has 0 saturated heterocycles. The summed E-state index contributed by atoms with van der Waals surface area (Å²) in [6.45, 7) is 10.8. The van der Waals surface area contributed by atoms with Gasteiger partial charge in [-0.2, -0.15) is 4.98 Å². The molecule has 148 valence electrons. The van der Waals surface area contributed by atoms with Gasteiger partial charge in [-0.15, -0.1) is 0 Å². The summed E-state index contributed by atoms with van der Waals surface area (Å²) >= 11 is 0. The molecular formula is C21H33N5O. The number of nitrogens with one attached hydrogen (secondary N) is 2. The highest BCUT2D eigenvalue weighted by Gasteiger charge is 2.28. The van der Waals surface area contributed by atoms with E-state index in [2.05, 4.69) is 71.9 Å². The van der Waals surface area contributed by atoms with Gasteiger partial charge in [0.2, 0.25) is 5.89 Å². The molecule has 1 aromatic carbocycles. The predicted octanol–water partition coefficient (Wildman–Crippen LogP) is 3.62. The molecule has 1 heterocycles. The zero-order valence-corrected chi connectivity index (χ0v) is 17.1. The van der Waals surface area contributed by atoms with Gasteiger partial charge in [0, 0.05) is 24.9 Å². The number of hydrogen-bond donors (Lipinski definition) is 2. The zero-order chi connectivity index (χ0) is 19.5. The number of guanidine groups is 1. The molecule has 0 atom stereocenters. The van der Waals surface area contributed by atoms with E-state index < -0.39 is 0 Å². The fourth-order valence-electron chi connectivity index (χ4n) is 3.22. The molecule has 0 aliphatic heterocycles. The maximum Gasteiger partial charge on any atom is 0.226 e. The van der Waals surface area contributed by atoms with Crippen LogP contribution < -0.4 is 10.6 Å². The number of aliphatic imine (C=N–C) groups is 1. The first-order chi connectivity index (χ1) is 13.1. The van der Waals surface area contributed by atoms with Crippen LogP contribution in [-0.2, 0) is 11.8 Å². The monoisotopic (exact) mass is 371 g/mol. The molecule has 0 aliphatic carbocycles. The van der Waals surface area contributed by atoms with Gasteiger partial charge in [-0.1, -0.05) is 49.3 Å². The predicted molar refractivity (Wildman–Crippen MR) is 110 cm³/mol. The minimum absolute atomic E-state index is 0.0743. The Hall–Kier alpha value is -2.37. The van der Waals surface area contributed by atoms with Crippen molar-refractivity contribution in [3.8, 4) is 0 Å². The lowest BCUT2D eigenvalue weighted by atomic mass is 9.76. The zero-order valence-electron chi connectivity index (χ0n) is 17.1. The van der Waals surface area contributed by atoms with E-state index in [9.17, 15) is 0 Å². The molecule has 0 aliphatic rings. The van der Waals surface area contributed by atoms with Gasteiger partial charge in [0.15, 0.2) is 11.8 Å². The molecule has 0 radical (unpaired) electrons. The molecule has 1 aromatic heterocycles. The lowest BCUT2D eigenvalue weighted by molar-refractivity contribution is 0.372. The van der Waals surface area contributed by atoms with E-state index in [0.717, 1.165) is 51.3 Å².